The number of carbonyl (C=O) groups is 1. The molecule has 2 rings (SSSR count). The summed E-state index contributed by atoms with van der Waals surface area (Å²) in [6.45, 7) is 0. The third-order valence-corrected chi connectivity index (χ3v) is 2.56. The number of hydrogen-bond donors (Lipinski definition) is 2. The third kappa shape index (κ3) is 2.22. The van der Waals surface area contributed by atoms with Crippen molar-refractivity contribution in [2.75, 3.05) is 0 Å². The number of hydrogen-bond acceptors (Lipinski definition) is 3. The van der Waals surface area contributed by atoms with Crippen molar-refractivity contribution in [2.24, 2.45) is 5.16 Å². The number of oxime groups is 1. The minimum absolute atomic E-state index is 0.106. The molecule has 0 unspecified atom stereocenters. The van der Waals surface area contributed by atoms with Crippen molar-refractivity contribution in [1.82, 2.24) is 0 Å². The van der Waals surface area contributed by atoms with Gasteiger partial charge in [-0.15, -0.1) is 0 Å². The van der Waals surface area contributed by atoms with E-state index in [0.717, 1.165) is 0 Å². The van der Waals surface area contributed by atoms with E-state index in [-0.39, 0.29) is 11.3 Å². The van der Waals surface area contributed by atoms with Gasteiger partial charge >= 0.3 is 5.97 Å². The van der Waals surface area contributed by atoms with Gasteiger partial charge in [0.05, 0.1) is 5.56 Å². The van der Waals surface area contributed by atoms with Gasteiger partial charge < -0.3 is 10.3 Å². The van der Waals surface area contributed by atoms with Crippen LogP contribution in [0.5, 0.6) is 0 Å². The topological polar surface area (TPSA) is 69.9 Å². The summed E-state index contributed by atoms with van der Waals surface area (Å²) in [5.74, 6) is -1.05. The molecule has 2 N–H and O–H groups in total. The van der Waals surface area contributed by atoms with Crippen molar-refractivity contribution in [3.63, 3.8) is 0 Å². The number of aromatic carboxylic acids is 1. The summed E-state index contributed by atoms with van der Waals surface area (Å²) in [5.41, 5.74) is 1.40. The summed E-state index contributed by atoms with van der Waals surface area (Å²) in [7, 11) is 0. The van der Waals surface area contributed by atoms with Crippen LogP contribution in [0.2, 0.25) is 0 Å². The quantitative estimate of drug-likeness (QED) is 0.493. The molecule has 0 aliphatic rings. The van der Waals surface area contributed by atoms with Gasteiger partial charge in [0.1, 0.15) is 5.71 Å². The van der Waals surface area contributed by atoms with Gasteiger partial charge in [-0.05, 0) is 6.07 Å². The zero-order valence-electron chi connectivity index (χ0n) is 9.45. The highest BCUT2D eigenvalue weighted by Crippen LogP contribution is 2.15. The largest absolute Gasteiger partial charge is 0.478 e. The fraction of sp³-hybridized carbons (Fsp3) is 0. The first kappa shape index (κ1) is 11.9. The van der Waals surface area contributed by atoms with Crippen LogP contribution in [0.4, 0.5) is 0 Å². The molecule has 0 spiro atoms. The SMILES string of the molecule is O=C(O)c1ccccc1C(=NO)c1ccccc1. The number of benzene rings is 2. The normalized spacial score (nSPS) is 11.2. The predicted octanol–water partition coefficient (Wildman–Crippen LogP) is 2.61. The molecule has 18 heavy (non-hydrogen) atoms. The highest BCUT2D eigenvalue weighted by atomic mass is 16.4. The van der Waals surface area contributed by atoms with Crippen LogP contribution in [-0.4, -0.2) is 22.0 Å². The number of carboxylic acids is 1. The summed E-state index contributed by atoms with van der Waals surface area (Å²) in [6.07, 6.45) is 0. The molecule has 0 fully saturated rings. The van der Waals surface area contributed by atoms with E-state index >= 15 is 0 Å². The molecule has 2 aromatic rings. The Kier molecular flexibility index (Phi) is 3.38. The summed E-state index contributed by atoms with van der Waals surface area (Å²) >= 11 is 0. The van der Waals surface area contributed by atoms with Crippen LogP contribution in [0, 0.1) is 0 Å². The molecule has 90 valence electrons. The summed E-state index contributed by atoms with van der Waals surface area (Å²) in [4.78, 5) is 11.1. The average Bonchev–Trinajstić information content (AvgIpc) is 2.41. The molecule has 0 bridgehead atoms. The van der Waals surface area contributed by atoms with Gasteiger partial charge in [0.2, 0.25) is 0 Å². The molecule has 0 saturated heterocycles. The first-order valence-electron chi connectivity index (χ1n) is 5.34. The molecule has 0 radical (unpaired) electrons. The van der Waals surface area contributed by atoms with E-state index in [1.165, 1.54) is 6.07 Å². The minimum Gasteiger partial charge on any atom is -0.478 e. The highest BCUT2D eigenvalue weighted by molar-refractivity contribution is 6.17. The molecular formula is C14H11NO3. The molecule has 4 nitrogen and oxygen atoms in total. The monoisotopic (exact) mass is 241 g/mol. The summed E-state index contributed by atoms with van der Waals surface area (Å²) in [6, 6.07) is 15.4. The van der Waals surface area contributed by atoms with Crippen LogP contribution in [-0.2, 0) is 0 Å². The smallest absolute Gasteiger partial charge is 0.336 e. The molecule has 0 aliphatic heterocycles. The van der Waals surface area contributed by atoms with Crippen molar-refractivity contribution >= 4 is 11.7 Å². The lowest BCUT2D eigenvalue weighted by Gasteiger charge is -2.07. The molecule has 2 aromatic carbocycles. The molecule has 0 aromatic heterocycles. The zero-order valence-corrected chi connectivity index (χ0v) is 9.45. The van der Waals surface area contributed by atoms with Gasteiger partial charge in [-0.3, -0.25) is 0 Å². The maximum absolute atomic E-state index is 11.1. The lowest BCUT2D eigenvalue weighted by atomic mass is 9.98. The molecule has 0 saturated carbocycles. The van der Waals surface area contributed by atoms with E-state index in [1.807, 2.05) is 6.07 Å². The van der Waals surface area contributed by atoms with Crippen LogP contribution < -0.4 is 0 Å². The molecule has 0 amide bonds. The molecular weight excluding hydrogens is 230 g/mol. The Morgan fingerprint density at radius 2 is 1.44 bits per heavy atom. The lowest BCUT2D eigenvalue weighted by Crippen LogP contribution is -2.10. The second-order valence-corrected chi connectivity index (χ2v) is 3.67. The number of rotatable bonds is 3. The fourth-order valence-corrected chi connectivity index (χ4v) is 1.74. The van der Waals surface area contributed by atoms with Crippen molar-refractivity contribution in [3.05, 3.63) is 71.3 Å². The first-order valence-corrected chi connectivity index (χ1v) is 5.34. The van der Waals surface area contributed by atoms with Crippen molar-refractivity contribution < 1.29 is 15.1 Å². The Morgan fingerprint density at radius 3 is 2.00 bits per heavy atom. The molecule has 0 aliphatic carbocycles. The van der Waals surface area contributed by atoms with Crippen molar-refractivity contribution in [2.45, 2.75) is 0 Å². The van der Waals surface area contributed by atoms with Crippen LogP contribution >= 0.6 is 0 Å². The molecule has 4 heteroatoms. The van der Waals surface area contributed by atoms with E-state index in [2.05, 4.69) is 5.16 Å². The number of nitrogens with zero attached hydrogens (tertiary/aromatic N) is 1. The zero-order chi connectivity index (χ0) is 13.0. The van der Waals surface area contributed by atoms with Crippen molar-refractivity contribution in [1.29, 1.82) is 0 Å². The summed E-state index contributed by atoms with van der Waals surface area (Å²) < 4.78 is 0. The number of carboxylic acid groups (broad SMARTS) is 1. The Balaban J connectivity index is 2.57. The van der Waals surface area contributed by atoms with E-state index in [1.54, 1.807) is 42.5 Å². The maximum atomic E-state index is 11.1. The van der Waals surface area contributed by atoms with Gasteiger partial charge in [0.25, 0.3) is 0 Å². The Bertz CT molecular complexity index is 591. The first-order chi connectivity index (χ1) is 8.74. The van der Waals surface area contributed by atoms with Gasteiger partial charge in [0.15, 0.2) is 0 Å². The second-order valence-electron chi connectivity index (χ2n) is 3.67. The van der Waals surface area contributed by atoms with E-state index in [4.69, 9.17) is 10.3 Å². The third-order valence-electron chi connectivity index (χ3n) is 2.56. The maximum Gasteiger partial charge on any atom is 0.336 e. The van der Waals surface area contributed by atoms with Gasteiger partial charge in [-0.1, -0.05) is 53.7 Å². The van der Waals surface area contributed by atoms with Crippen LogP contribution in [0.15, 0.2) is 59.8 Å². The van der Waals surface area contributed by atoms with Gasteiger partial charge in [-0.2, -0.15) is 0 Å². The highest BCUT2D eigenvalue weighted by Gasteiger charge is 2.15. The van der Waals surface area contributed by atoms with E-state index in [9.17, 15) is 4.79 Å². The predicted molar refractivity (Wildman–Crippen MR) is 67.3 cm³/mol. The molecule has 0 heterocycles. The van der Waals surface area contributed by atoms with Crippen molar-refractivity contribution in [3.8, 4) is 0 Å². The van der Waals surface area contributed by atoms with Gasteiger partial charge in [0, 0.05) is 11.1 Å². The average molecular weight is 241 g/mol. The molecule has 0 atom stereocenters. The van der Waals surface area contributed by atoms with Crippen LogP contribution in [0.25, 0.3) is 0 Å². The van der Waals surface area contributed by atoms with E-state index < -0.39 is 5.97 Å². The fourth-order valence-electron chi connectivity index (χ4n) is 1.74. The van der Waals surface area contributed by atoms with Gasteiger partial charge in [-0.25, -0.2) is 4.79 Å². The van der Waals surface area contributed by atoms with E-state index in [0.29, 0.717) is 11.1 Å². The minimum atomic E-state index is -1.05. The summed E-state index contributed by atoms with van der Waals surface area (Å²) in [5, 5.41) is 21.5. The van der Waals surface area contributed by atoms with Crippen LogP contribution in [0.1, 0.15) is 21.5 Å². The Morgan fingerprint density at radius 1 is 0.889 bits per heavy atom. The van der Waals surface area contributed by atoms with Crippen LogP contribution in [0.3, 0.4) is 0 Å². The standard InChI is InChI=1S/C14H11NO3/c16-14(17)12-9-5-4-8-11(12)13(15-18)10-6-2-1-3-7-10/h1-9,18H,(H,16,17). The Labute approximate surface area is 104 Å². The second kappa shape index (κ2) is 5.14. The Hall–Kier alpha value is -2.62. The lowest BCUT2D eigenvalue weighted by molar-refractivity contribution is 0.0696.